The van der Waals surface area contributed by atoms with Crippen LogP contribution in [0.15, 0.2) is 12.1 Å². The van der Waals surface area contributed by atoms with E-state index in [0.717, 1.165) is 6.07 Å². The quantitative estimate of drug-likeness (QED) is 0.610. The second-order valence-corrected chi connectivity index (χ2v) is 2.98. The van der Waals surface area contributed by atoms with Crippen LogP contribution in [0.5, 0.6) is 5.75 Å². The Labute approximate surface area is 91.2 Å². The normalized spacial score (nSPS) is 10.0. The predicted octanol–water partition coefficient (Wildman–Crippen LogP) is -0.398. The Hall–Kier alpha value is -1.60. The summed E-state index contributed by atoms with van der Waals surface area (Å²) in [6.07, 6.45) is 0. The fourth-order valence-electron chi connectivity index (χ4n) is 1.24. The van der Waals surface area contributed by atoms with Crippen LogP contribution in [0.1, 0.15) is 17.3 Å². The summed E-state index contributed by atoms with van der Waals surface area (Å²) in [5, 5.41) is 26.5. The molecule has 0 saturated carbocycles. The molecule has 0 amide bonds. The Bertz CT molecular complexity index is 407. The molecule has 16 heavy (non-hydrogen) atoms. The van der Waals surface area contributed by atoms with Crippen molar-refractivity contribution in [3.05, 3.63) is 23.5 Å². The van der Waals surface area contributed by atoms with Gasteiger partial charge in [0.05, 0.1) is 17.6 Å². The molecule has 0 aliphatic carbocycles. The topological polar surface area (TPSA) is 87.0 Å². The number of carboxylic acid groups (broad SMARTS) is 1. The van der Waals surface area contributed by atoms with Gasteiger partial charge < -0.3 is 19.9 Å². The molecule has 1 aromatic rings. The average molecular weight is 228 g/mol. The first-order valence-corrected chi connectivity index (χ1v) is 4.53. The van der Waals surface area contributed by atoms with E-state index < -0.39 is 24.4 Å². The Kier molecular flexibility index (Phi) is 3.86. The molecule has 1 rings (SSSR count). The monoisotopic (exact) mass is 228 g/mol. The van der Waals surface area contributed by atoms with Crippen molar-refractivity contribution in [2.24, 2.45) is 0 Å². The molecule has 0 spiro atoms. The maximum absolute atomic E-state index is 13.4. The maximum atomic E-state index is 13.4. The van der Waals surface area contributed by atoms with Crippen molar-refractivity contribution in [1.29, 1.82) is 0 Å². The van der Waals surface area contributed by atoms with Gasteiger partial charge in [-0.2, -0.15) is 0 Å². The highest BCUT2D eigenvalue weighted by Gasteiger charge is 2.24. The van der Waals surface area contributed by atoms with Gasteiger partial charge in [0.1, 0.15) is 11.6 Å². The van der Waals surface area contributed by atoms with Gasteiger partial charge in [0.2, 0.25) is 0 Å². The molecule has 3 N–H and O–H groups in total. The minimum atomic E-state index is -2.05. The summed E-state index contributed by atoms with van der Waals surface area (Å²) in [6.45, 7) is 1.76. The van der Waals surface area contributed by atoms with Gasteiger partial charge in [-0.25, -0.2) is 9.18 Å². The number of rotatable bonds is 4. The smallest absolute Gasteiger partial charge is 0.494 e. The molecule has 0 bridgehead atoms. The van der Waals surface area contributed by atoms with Gasteiger partial charge in [-0.3, -0.25) is 0 Å². The van der Waals surface area contributed by atoms with Crippen molar-refractivity contribution in [2.45, 2.75) is 6.92 Å². The second kappa shape index (κ2) is 4.95. The van der Waals surface area contributed by atoms with Crippen molar-refractivity contribution in [1.82, 2.24) is 0 Å². The number of benzene rings is 1. The number of halogens is 1. The summed E-state index contributed by atoms with van der Waals surface area (Å²) < 4.78 is 18.3. The molecule has 0 atom stereocenters. The third-order valence-corrected chi connectivity index (χ3v) is 1.90. The van der Waals surface area contributed by atoms with Crippen LogP contribution in [0, 0.1) is 5.82 Å². The Morgan fingerprint density at radius 2 is 2.12 bits per heavy atom. The van der Waals surface area contributed by atoms with Crippen molar-refractivity contribution < 1.29 is 29.1 Å². The number of carboxylic acids is 1. The highest BCUT2D eigenvalue weighted by atomic mass is 19.1. The zero-order valence-corrected chi connectivity index (χ0v) is 8.48. The fourth-order valence-corrected chi connectivity index (χ4v) is 1.24. The molecule has 0 aliphatic rings. The SMILES string of the molecule is CCOc1cc(C(=O)O)cc(F)c1B(O)O. The zero-order chi connectivity index (χ0) is 12.3. The standard InChI is InChI=1S/C9H10BFO5/c1-2-16-7-4-5(9(12)13)3-6(11)8(7)10(14)15/h3-4,14-15H,2H2,1H3,(H,12,13). The van der Waals surface area contributed by atoms with E-state index in [0.29, 0.717) is 6.07 Å². The summed E-state index contributed by atoms with van der Waals surface area (Å²) in [5.74, 6) is -2.54. The molecule has 0 aliphatic heterocycles. The minimum absolute atomic E-state index is 0.155. The van der Waals surface area contributed by atoms with E-state index in [1.54, 1.807) is 6.92 Å². The molecule has 5 nitrogen and oxygen atoms in total. The maximum Gasteiger partial charge on any atom is 0.495 e. The average Bonchev–Trinajstić information content (AvgIpc) is 2.16. The Morgan fingerprint density at radius 1 is 1.50 bits per heavy atom. The van der Waals surface area contributed by atoms with E-state index >= 15 is 0 Å². The molecular formula is C9H10BFO5. The Morgan fingerprint density at radius 3 is 2.56 bits per heavy atom. The third-order valence-electron chi connectivity index (χ3n) is 1.90. The van der Waals surface area contributed by atoms with Gasteiger partial charge in [0.15, 0.2) is 0 Å². The number of hydrogen-bond acceptors (Lipinski definition) is 4. The van der Waals surface area contributed by atoms with Gasteiger partial charge >= 0.3 is 13.1 Å². The van der Waals surface area contributed by atoms with Crippen molar-refractivity contribution in [2.75, 3.05) is 6.61 Å². The lowest BCUT2D eigenvalue weighted by molar-refractivity contribution is 0.0695. The first-order chi connectivity index (χ1) is 7.47. The molecule has 0 heterocycles. The fraction of sp³-hybridized carbons (Fsp3) is 0.222. The lowest BCUT2D eigenvalue weighted by atomic mass is 9.78. The minimum Gasteiger partial charge on any atom is -0.494 e. The van der Waals surface area contributed by atoms with Crippen LogP contribution in [-0.4, -0.2) is 34.8 Å². The van der Waals surface area contributed by atoms with Crippen LogP contribution >= 0.6 is 0 Å². The predicted molar refractivity (Wildman–Crippen MR) is 54.4 cm³/mol. The largest absolute Gasteiger partial charge is 0.495 e. The number of hydrogen-bond donors (Lipinski definition) is 3. The number of aromatic carboxylic acids is 1. The van der Waals surface area contributed by atoms with Crippen LogP contribution < -0.4 is 10.2 Å². The third kappa shape index (κ3) is 2.50. The highest BCUT2D eigenvalue weighted by molar-refractivity contribution is 6.59. The lowest BCUT2D eigenvalue weighted by Crippen LogP contribution is -2.34. The van der Waals surface area contributed by atoms with Crippen molar-refractivity contribution in [3.63, 3.8) is 0 Å². The zero-order valence-electron chi connectivity index (χ0n) is 8.48. The highest BCUT2D eigenvalue weighted by Crippen LogP contribution is 2.15. The van der Waals surface area contributed by atoms with E-state index in [1.165, 1.54) is 0 Å². The van der Waals surface area contributed by atoms with E-state index in [1.807, 2.05) is 0 Å². The molecule has 0 aromatic heterocycles. The molecule has 0 saturated heterocycles. The summed E-state index contributed by atoms with van der Waals surface area (Å²) in [5.41, 5.74) is -0.780. The number of ether oxygens (including phenoxy) is 1. The molecule has 0 fully saturated rings. The molecular weight excluding hydrogens is 218 g/mol. The van der Waals surface area contributed by atoms with E-state index in [-0.39, 0.29) is 17.9 Å². The molecule has 7 heteroatoms. The summed E-state index contributed by atoms with van der Waals surface area (Å²) in [6, 6.07) is 1.75. The van der Waals surface area contributed by atoms with Crippen LogP contribution in [-0.2, 0) is 0 Å². The second-order valence-electron chi connectivity index (χ2n) is 2.98. The molecule has 0 radical (unpaired) electrons. The van der Waals surface area contributed by atoms with Gasteiger partial charge in [-0.15, -0.1) is 0 Å². The Balaban J connectivity index is 3.33. The van der Waals surface area contributed by atoms with E-state index in [2.05, 4.69) is 0 Å². The van der Waals surface area contributed by atoms with Crippen LogP contribution in [0.3, 0.4) is 0 Å². The van der Waals surface area contributed by atoms with Crippen molar-refractivity contribution >= 4 is 18.6 Å². The van der Waals surface area contributed by atoms with Gasteiger partial charge in [-0.05, 0) is 19.1 Å². The van der Waals surface area contributed by atoms with Gasteiger partial charge in [0, 0.05) is 0 Å². The van der Waals surface area contributed by atoms with Crippen LogP contribution in [0.2, 0.25) is 0 Å². The first kappa shape index (κ1) is 12.5. The molecule has 1 aromatic carbocycles. The van der Waals surface area contributed by atoms with Gasteiger partial charge in [0.25, 0.3) is 0 Å². The van der Waals surface area contributed by atoms with Gasteiger partial charge in [-0.1, -0.05) is 0 Å². The number of carbonyl (C=O) groups is 1. The van der Waals surface area contributed by atoms with Crippen molar-refractivity contribution in [3.8, 4) is 5.75 Å². The lowest BCUT2D eigenvalue weighted by Gasteiger charge is -2.11. The van der Waals surface area contributed by atoms with Crippen LogP contribution in [0.25, 0.3) is 0 Å². The molecule has 86 valence electrons. The first-order valence-electron chi connectivity index (χ1n) is 4.53. The molecule has 0 unspecified atom stereocenters. The van der Waals surface area contributed by atoms with Crippen LogP contribution in [0.4, 0.5) is 4.39 Å². The van der Waals surface area contributed by atoms with E-state index in [4.69, 9.17) is 19.9 Å². The summed E-state index contributed by atoms with van der Waals surface area (Å²) in [4.78, 5) is 10.6. The van der Waals surface area contributed by atoms with E-state index in [9.17, 15) is 9.18 Å². The summed E-state index contributed by atoms with van der Waals surface area (Å²) in [7, 11) is -2.05. The summed E-state index contributed by atoms with van der Waals surface area (Å²) >= 11 is 0.